The highest BCUT2D eigenvalue weighted by atomic mass is 16.1. The van der Waals surface area contributed by atoms with Gasteiger partial charge in [0, 0.05) is 29.9 Å². The molecule has 0 fully saturated rings. The number of nitrogens with two attached hydrogens (primary N) is 1. The lowest BCUT2D eigenvalue weighted by atomic mass is 10.1. The van der Waals surface area contributed by atoms with Crippen LogP contribution in [0.3, 0.4) is 0 Å². The second-order valence-electron chi connectivity index (χ2n) is 5.08. The summed E-state index contributed by atoms with van der Waals surface area (Å²) in [7, 11) is 0. The van der Waals surface area contributed by atoms with Gasteiger partial charge >= 0.3 is 0 Å². The number of rotatable bonds is 7. The van der Waals surface area contributed by atoms with E-state index in [9.17, 15) is 4.79 Å². The Kier molecular flexibility index (Phi) is 6.57. The molecule has 1 aromatic carbocycles. The first-order chi connectivity index (χ1) is 9.52. The molecule has 3 heteroatoms. The van der Waals surface area contributed by atoms with E-state index in [0.717, 1.165) is 17.7 Å². The van der Waals surface area contributed by atoms with Gasteiger partial charge in [0.15, 0.2) is 5.78 Å². The molecule has 0 radical (unpaired) electrons. The standard InChI is InChI=1S/C17H24N2O/c1-4-8-16(20)11-15(19-13(2)3)12-17(18)14-9-6-5-7-10-14/h5-7,9-13,19H,4,8,18H2,1-3H3/b15-11+,17-12-. The summed E-state index contributed by atoms with van der Waals surface area (Å²) in [5.41, 5.74) is 8.45. The highest BCUT2D eigenvalue weighted by Gasteiger charge is 2.03. The smallest absolute Gasteiger partial charge is 0.157 e. The fraction of sp³-hybridized carbons (Fsp3) is 0.353. The molecule has 108 valence electrons. The molecule has 0 spiro atoms. The predicted molar refractivity (Wildman–Crippen MR) is 84.9 cm³/mol. The highest BCUT2D eigenvalue weighted by Crippen LogP contribution is 2.11. The van der Waals surface area contributed by atoms with Crippen molar-refractivity contribution >= 4 is 11.5 Å². The number of ketones is 1. The van der Waals surface area contributed by atoms with Gasteiger partial charge in [-0.25, -0.2) is 0 Å². The molecule has 0 saturated heterocycles. The lowest BCUT2D eigenvalue weighted by molar-refractivity contribution is -0.114. The molecule has 0 aliphatic heterocycles. The van der Waals surface area contributed by atoms with Gasteiger partial charge in [0.25, 0.3) is 0 Å². The van der Waals surface area contributed by atoms with E-state index in [1.807, 2.05) is 57.2 Å². The van der Waals surface area contributed by atoms with Crippen LogP contribution in [0.2, 0.25) is 0 Å². The summed E-state index contributed by atoms with van der Waals surface area (Å²) in [5.74, 6) is 0.118. The van der Waals surface area contributed by atoms with Gasteiger partial charge in [-0.1, -0.05) is 37.3 Å². The molecular weight excluding hydrogens is 248 g/mol. The average molecular weight is 272 g/mol. The highest BCUT2D eigenvalue weighted by molar-refractivity contribution is 5.91. The van der Waals surface area contributed by atoms with E-state index in [1.165, 1.54) is 0 Å². The molecule has 0 amide bonds. The van der Waals surface area contributed by atoms with Gasteiger partial charge in [-0.3, -0.25) is 4.79 Å². The van der Waals surface area contributed by atoms with E-state index in [2.05, 4.69) is 5.32 Å². The Morgan fingerprint density at radius 1 is 1.25 bits per heavy atom. The van der Waals surface area contributed by atoms with Crippen LogP contribution in [-0.2, 0) is 4.79 Å². The number of allylic oxidation sites excluding steroid dienone is 2. The first-order valence-electron chi connectivity index (χ1n) is 7.06. The summed E-state index contributed by atoms with van der Waals surface area (Å²) in [5, 5.41) is 3.25. The summed E-state index contributed by atoms with van der Waals surface area (Å²) >= 11 is 0. The van der Waals surface area contributed by atoms with Crippen LogP contribution < -0.4 is 11.1 Å². The van der Waals surface area contributed by atoms with E-state index in [-0.39, 0.29) is 11.8 Å². The fourth-order valence-corrected chi connectivity index (χ4v) is 1.83. The van der Waals surface area contributed by atoms with E-state index in [4.69, 9.17) is 5.73 Å². The number of hydrogen-bond acceptors (Lipinski definition) is 3. The summed E-state index contributed by atoms with van der Waals surface area (Å²) in [4.78, 5) is 11.8. The lowest BCUT2D eigenvalue weighted by Gasteiger charge is -2.12. The minimum atomic E-state index is 0.118. The zero-order valence-electron chi connectivity index (χ0n) is 12.5. The maximum Gasteiger partial charge on any atom is 0.157 e. The van der Waals surface area contributed by atoms with Crippen molar-refractivity contribution in [3.8, 4) is 0 Å². The van der Waals surface area contributed by atoms with E-state index >= 15 is 0 Å². The summed E-state index contributed by atoms with van der Waals surface area (Å²) < 4.78 is 0. The predicted octanol–water partition coefficient (Wildman–Crippen LogP) is 3.24. The van der Waals surface area contributed by atoms with Crippen LogP contribution in [0, 0.1) is 0 Å². The molecule has 3 nitrogen and oxygen atoms in total. The molecular formula is C17H24N2O. The molecule has 0 saturated carbocycles. The fourth-order valence-electron chi connectivity index (χ4n) is 1.83. The van der Waals surface area contributed by atoms with Gasteiger partial charge in [-0.2, -0.15) is 0 Å². The zero-order valence-corrected chi connectivity index (χ0v) is 12.5. The molecule has 0 aliphatic rings. The SMILES string of the molecule is CCCC(=O)/C=C(\C=C(/N)c1ccccc1)NC(C)C. The Balaban J connectivity index is 2.97. The van der Waals surface area contributed by atoms with Crippen molar-refractivity contribution in [2.45, 2.75) is 39.7 Å². The Morgan fingerprint density at radius 3 is 2.45 bits per heavy atom. The van der Waals surface area contributed by atoms with Crippen molar-refractivity contribution in [3.05, 3.63) is 53.7 Å². The average Bonchev–Trinajstić information content (AvgIpc) is 2.39. The van der Waals surface area contributed by atoms with E-state index in [1.54, 1.807) is 6.08 Å². The molecule has 0 bridgehead atoms. The second kappa shape index (κ2) is 8.20. The first-order valence-corrected chi connectivity index (χ1v) is 7.06. The quantitative estimate of drug-likeness (QED) is 0.592. The molecule has 1 aromatic rings. The van der Waals surface area contributed by atoms with Crippen LogP contribution in [-0.4, -0.2) is 11.8 Å². The summed E-state index contributed by atoms with van der Waals surface area (Å²) in [6.45, 7) is 6.06. The van der Waals surface area contributed by atoms with Crippen LogP contribution in [0.4, 0.5) is 0 Å². The minimum absolute atomic E-state index is 0.118. The summed E-state index contributed by atoms with van der Waals surface area (Å²) in [6, 6.07) is 9.98. The van der Waals surface area contributed by atoms with Gasteiger partial charge in [-0.05, 0) is 31.9 Å². The number of carbonyl (C=O) groups excluding carboxylic acids is 1. The maximum absolute atomic E-state index is 11.8. The van der Waals surface area contributed by atoms with Crippen molar-refractivity contribution < 1.29 is 4.79 Å². The Bertz CT molecular complexity index is 487. The minimum Gasteiger partial charge on any atom is -0.398 e. The van der Waals surface area contributed by atoms with E-state index in [0.29, 0.717) is 12.1 Å². The largest absolute Gasteiger partial charge is 0.398 e. The van der Waals surface area contributed by atoms with Crippen LogP contribution in [0.1, 0.15) is 39.2 Å². The normalized spacial score (nSPS) is 12.6. The number of benzene rings is 1. The molecule has 0 aliphatic carbocycles. The molecule has 20 heavy (non-hydrogen) atoms. The number of hydrogen-bond donors (Lipinski definition) is 2. The molecule has 0 atom stereocenters. The first kappa shape index (κ1) is 16.0. The monoisotopic (exact) mass is 272 g/mol. The number of carbonyl (C=O) groups is 1. The Morgan fingerprint density at radius 2 is 1.90 bits per heavy atom. The van der Waals surface area contributed by atoms with Crippen molar-refractivity contribution in [2.24, 2.45) is 5.73 Å². The zero-order chi connectivity index (χ0) is 15.0. The van der Waals surface area contributed by atoms with Gasteiger partial charge in [0.2, 0.25) is 0 Å². The molecule has 3 N–H and O–H groups in total. The van der Waals surface area contributed by atoms with Crippen molar-refractivity contribution in [1.82, 2.24) is 5.32 Å². The maximum atomic E-state index is 11.8. The number of nitrogens with one attached hydrogen (secondary N) is 1. The van der Waals surface area contributed by atoms with Crippen LogP contribution in [0.5, 0.6) is 0 Å². The van der Waals surface area contributed by atoms with E-state index < -0.39 is 0 Å². The topological polar surface area (TPSA) is 55.1 Å². The van der Waals surface area contributed by atoms with Gasteiger partial charge in [-0.15, -0.1) is 0 Å². The molecule has 0 unspecified atom stereocenters. The Labute approximate surface area is 121 Å². The molecule has 1 rings (SSSR count). The second-order valence-corrected chi connectivity index (χ2v) is 5.08. The lowest BCUT2D eigenvalue weighted by Crippen LogP contribution is -2.22. The molecule has 0 heterocycles. The van der Waals surface area contributed by atoms with Crippen LogP contribution >= 0.6 is 0 Å². The van der Waals surface area contributed by atoms with Crippen LogP contribution in [0.25, 0.3) is 5.70 Å². The van der Waals surface area contributed by atoms with Crippen molar-refractivity contribution in [2.75, 3.05) is 0 Å². The van der Waals surface area contributed by atoms with Crippen LogP contribution in [0.15, 0.2) is 48.2 Å². The third kappa shape index (κ3) is 5.74. The van der Waals surface area contributed by atoms with Crippen molar-refractivity contribution in [3.63, 3.8) is 0 Å². The summed E-state index contributed by atoms with van der Waals surface area (Å²) in [6.07, 6.45) is 4.87. The van der Waals surface area contributed by atoms with Gasteiger partial charge in [0.05, 0.1) is 0 Å². The third-order valence-corrected chi connectivity index (χ3v) is 2.69. The van der Waals surface area contributed by atoms with Crippen molar-refractivity contribution in [1.29, 1.82) is 0 Å². The Hall–Kier alpha value is -2.03. The third-order valence-electron chi connectivity index (χ3n) is 2.69. The van der Waals surface area contributed by atoms with Gasteiger partial charge < -0.3 is 11.1 Å². The molecule has 0 aromatic heterocycles. The van der Waals surface area contributed by atoms with Gasteiger partial charge in [0.1, 0.15) is 0 Å².